The molecule has 4 aromatic rings. The van der Waals surface area contributed by atoms with Crippen molar-refractivity contribution < 1.29 is 14.0 Å². The number of nitrogens with zero attached hydrogens (tertiary/aromatic N) is 5. The van der Waals surface area contributed by atoms with Gasteiger partial charge in [0.2, 0.25) is 17.6 Å². The van der Waals surface area contributed by atoms with Gasteiger partial charge >= 0.3 is 0 Å². The summed E-state index contributed by atoms with van der Waals surface area (Å²) in [6, 6.07) is 12.1. The first-order valence-corrected chi connectivity index (χ1v) is 13.5. The second-order valence-electron chi connectivity index (χ2n) is 10.6. The number of amides is 1. The summed E-state index contributed by atoms with van der Waals surface area (Å²) in [5.41, 5.74) is 1.83. The van der Waals surface area contributed by atoms with E-state index in [1.165, 1.54) is 10.8 Å². The van der Waals surface area contributed by atoms with Crippen molar-refractivity contribution in [1.82, 2.24) is 30.0 Å². The first-order chi connectivity index (χ1) is 19.6. The van der Waals surface area contributed by atoms with Crippen LogP contribution in [0.4, 0.5) is 5.82 Å². The highest BCUT2D eigenvalue weighted by molar-refractivity contribution is 5.98. The lowest BCUT2D eigenvalue weighted by molar-refractivity contribution is -0.122. The highest BCUT2D eigenvalue weighted by Crippen LogP contribution is 2.29. The average molecular weight is 558 g/mol. The molecular weight excluding hydrogens is 522 g/mol. The number of aryl methyl sites for hydroxylation is 1. The molecule has 11 nitrogen and oxygen atoms in total. The molecule has 0 saturated carbocycles. The number of Topliss-reactive ketones (excluding diaryl/α,β-unsaturated/α-hetero) is 1. The lowest BCUT2D eigenvalue weighted by atomic mass is 9.88. The third-order valence-electron chi connectivity index (χ3n) is 6.97. The Morgan fingerprint density at radius 2 is 1.76 bits per heavy atom. The van der Waals surface area contributed by atoms with Gasteiger partial charge in [0.15, 0.2) is 5.82 Å². The van der Waals surface area contributed by atoms with E-state index in [0.29, 0.717) is 5.69 Å². The van der Waals surface area contributed by atoms with Crippen molar-refractivity contribution in [3.63, 3.8) is 0 Å². The SMILES string of the molecule is CCc1ccc(C(C)(C)c2nnc(C(=O)[C@H](NC(=O)Cn3c(-c4ccccc4)cnc(NC)c3=O)C(C)C)o2)nc1. The fourth-order valence-corrected chi connectivity index (χ4v) is 4.37. The molecule has 0 aliphatic carbocycles. The third-order valence-corrected chi connectivity index (χ3v) is 6.97. The van der Waals surface area contributed by atoms with Crippen molar-refractivity contribution in [2.45, 2.75) is 59.0 Å². The van der Waals surface area contributed by atoms with Crippen LogP contribution in [-0.4, -0.2) is 49.5 Å². The van der Waals surface area contributed by atoms with Gasteiger partial charge in [-0.3, -0.25) is 23.9 Å². The predicted molar refractivity (Wildman–Crippen MR) is 155 cm³/mol. The van der Waals surface area contributed by atoms with E-state index in [1.54, 1.807) is 27.1 Å². The van der Waals surface area contributed by atoms with E-state index in [0.717, 1.165) is 23.2 Å². The summed E-state index contributed by atoms with van der Waals surface area (Å²) >= 11 is 0. The molecule has 2 N–H and O–H groups in total. The number of pyridine rings is 1. The topological polar surface area (TPSA) is 145 Å². The molecule has 0 radical (unpaired) electrons. The van der Waals surface area contributed by atoms with Crippen LogP contribution >= 0.6 is 0 Å². The minimum atomic E-state index is -0.956. The van der Waals surface area contributed by atoms with Gasteiger partial charge in [-0.1, -0.05) is 57.2 Å². The number of hydrogen-bond donors (Lipinski definition) is 2. The van der Waals surface area contributed by atoms with Gasteiger partial charge in [-0.15, -0.1) is 10.2 Å². The Hall–Kier alpha value is -4.67. The van der Waals surface area contributed by atoms with Crippen LogP contribution in [-0.2, 0) is 23.2 Å². The normalized spacial score (nSPS) is 12.3. The molecule has 0 spiro atoms. The predicted octanol–water partition coefficient (Wildman–Crippen LogP) is 3.64. The van der Waals surface area contributed by atoms with E-state index in [9.17, 15) is 14.4 Å². The summed E-state index contributed by atoms with van der Waals surface area (Å²) in [5, 5.41) is 13.7. The summed E-state index contributed by atoms with van der Waals surface area (Å²) in [7, 11) is 1.58. The van der Waals surface area contributed by atoms with Crippen LogP contribution in [0, 0.1) is 5.92 Å². The number of rotatable bonds is 11. The van der Waals surface area contributed by atoms with E-state index in [1.807, 2.05) is 56.3 Å². The maximum atomic E-state index is 13.5. The number of anilines is 1. The van der Waals surface area contributed by atoms with Gasteiger partial charge in [-0.2, -0.15) is 0 Å². The van der Waals surface area contributed by atoms with Gasteiger partial charge in [-0.05, 0) is 43.4 Å². The quantitative estimate of drug-likeness (QED) is 0.264. The molecule has 0 bridgehead atoms. The summed E-state index contributed by atoms with van der Waals surface area (Å²) < 4.78 is 7.17. The molecule has 11 heteroatoms. The maximum Gasteiger partial charge on any atom is 0.294 e. The number of carbonyl (C=O) groups excluding carboxylic acids is 2. The van der Waals surface area contributed by atoms with Crippen LogP contribution in [0.5, 0.6) is 0 Å². The number of ketones is 1. The lowest BCUT2D eigenvalue weighted by Crippen LogP contribution is -2.46. The highest BCUT2D eigenvalue weighted by atomic mass is 16.4. The molecule has 1 atom stereocenters. The Morgan fingerprint density at radius 3 is 2.37 bits per heavy atom. The number of nitrogens with one attached hydrogen (secondary N) is 2. The Labute approximate surface area is 238 Å². The molecular formula is C30H35N7O4. The van der Waals surface area contributed by atoms with Gasteiger partial charge in [0.05, 0.1) is 29.0 Å². The Kier molecular flexibility index (Phi) is 8.75. The number of carbonyl (C=O) groups is 2. The van der Waals surface area contributed by atoms with Crippen molar-refractivity contribution in [2.24, 2.45) is 5.92 Å². The van der Waals surface area contributed by atoms with Crippen LogP contribution < -0.4 is 16.2 Å². The number of hydrogen-bond acceptors (Lipinski definition) is 9. The van der Waals surface area contributed by atoms with Crippen LogP contribution in [0.3, 0.4) is 0 Å². The van der Waals surface area contributed by atoms with Gasteiger partial charge in [0.25, 0.3) is 11.4 Å². The van der Waals surface area contributed by atoms with E-state index in [-0.39, 0.29) is 30.1 Å². The van der Waals surface area contributed by atoms with E-state index < -0.39 is 28.7 Å². The largest absolute Gasteiger partial charge is 0.417 e. The molecule has 0 saturated heterocycles. The van der Waals surface area contributed by atoms with E-state index in [4.69, 9.17) is 4.42 Å². The fourth-order valence-electron chi connectivity index (χ4n) is 4.37. The summed E-state index contributed by atoms with van der Waals surface area (Å²) in [5.74, 6) is -1.20. The Morgan fingerprint density at radius 1 is 1.02 bits per heavy atom. The van der Waals surface area contributed by atoms with Crippen molar-refractivity contribution >= 4 is 17.5 Å². The van der Waals surface area contributed by atoms with Gasteiger partial charge in [-0.25, -0.2) is 4.98 Å². The zero-order valence-electron chi connectivity index (χ0n) is 24.1. The molecule has 0 fully saturated rings. The average Bonchev–Trinajstić information content (AvgIpc) is 3.48. The zero-order valence-corrected chi connectivity index (χ0v) is 24.1. The van der Waals surface area contributed by atoms with Crippen LogP contribution in [0.25, 0.3) is 11.3 Å². The first-order valence-electron chi connectivity index (χ1n) is 13.5. The lowest BCUT2D eigenvalue weighted by Gasteiger charge is -2.21. The summed E-state index contributed by atoms with van der Waals surface area (Å²) in [6.07, 6.45) is 4.21. The van der Waals surface area contributed by atoms with E-state index >= 15 is 0 Å². The monoisotopic (exact) mass is 557 g/mol. The molecule has 214 valence electrons. The maximum absolute atomic E-state index is 13.5. The van der Waals surface area contributed by atoms with Crippen molar-refractivity contribution in [1.29, 1.82) is 0 Å². The molecule has 3 heterocycles. The molecule has 0 aliphatic heterocycles. The number of benzene rings is 1. The zero-order chi connectivity index (χ0) is 29.7. The fraction of sp³-hybridized carbons (Fsp3) is 0.367. The van der Waals surface area contributed by atoms with Crippen molar-refractivity contribution in [2.75, 3.05) is 12.4 Å². The van der Waals surface area contributed by atoms with E-state index in [2.05, 4.69) is 37.7 Å². The molecule has 41 heavy (non-hydrogen) atoms. The summed E-state index contributed by atoms with van der Waals surface area (Å²) in [4.78, 5) is 48.6. The molecule has 4 rings (SSSR count). The minimum Gasteiger partial charge on any atom is -0.417 e. The second kappa shape index (κ2) is 12.2. The van der Waals surface area contributed by atoms with Crippen LogP contribution in [0.1, 0.15) is 62.5 Å². The first kappa shape index (κ1) is 29.3. The van der Waals surface area contributed by atoms with Gasteiger partial charge in [0, 0.05) is 13.2 Å². The second-order valence-corrected chi connectivity index (χ2v) is 10.6. The number of aromatic nitrogens is 5. The Balaban J connectivity index is 1.56. The molecule has 1 aromatic carbocycles. The van der Waals surface area contributed by atoms with Gasteiger partial charge in [0.1, 0.15) is 6.54 Å². The molecule has 1 amide bonds. The Bertz CT molecular complexity index is 1570. The molecule has 0 aliphatic rings. The van der Waals surface area contributed by atoms with Crippen molar-refractivity contribution in [3.8, 4) is 11.3 Å². The van der Waals surface area contributed by atoms with Crippen LogP contribution in [0.15, 0.2) is 64.1 Å². The summed E-state index contributed by atoms with van der Waals surface area (Å²) in [6.45, 7) is 9.12. The van der Waals surface area contributed by atoms with Gasteiger partial charge < -0.3 is 15.1 Å². The highest BCUT2D eigenvalue weighted by Gasteiger charge is 2.35. The standard InChI is InChI=1S/C30H35N7O4/c1-7-19-13-14-22(32-15-19)30(4,5)29-36-35-27(41-29)25(39)24(18(2)3)34-23(38)17-37-21(20-11-9-8-10-12-20)16-33-26(31-6)28(37)40/h8-16,18,24H,7,17H2,1-6H3,(H,31,33)(H,34,38)/t24-/m1/s1. The molecule has 0 unspecified atom stereocenters. The minimum absolute atomic E-state index is 0.105. The van der Waals surface area contributed by atoms with Crippen LogP contribution in [0.2, 0.25) is 0 Å². The van der Waals surface area contributed by atoms with Crippen molar-refractivity contribution in [3.05, 3.63) is 88.3 Å². The third kappa shape index (κ3) is 6.24. The molecule has 3 aromatic heterocycles. The smallest absolute Gasteiger partial charge is 0.294 e.